The maximum atomic E-state index is 14.1. The van der Waals surface area contributed by atoms with E-state index in [1.165, 1.54) is 36.4 Å². The molecular weight excluding hydrogens is 817 g/mol. The first-order valence-electron chi connectivity index (χ1n) is 20.1. The number of non-ortho nitro benzene ring substituents is 1. The number of nitro groups is 1. The van der Waals surface area contributed by atoms with Gasteiger partial charge in [-0.15, -0.1) is 0 Å². The van der Waals surface area contributed by atoms with Gasteiger partial charge >= 0.3 is 12.1 Å². The molecule has 0 unspecified atom stereocenters. The summed E-state index contributed by atoms with van der Waals surface area (Å²) in [5.74, 6) is -5.57. The standard InChI is InChI=1S/C44H52N8O11/c1-44(2,3)63-43(60)51-35(24-29-26-47-32-14-8-7-13-31(29)32)41(58)48-33(15-9-10-22-46-37(53)21-18-27-16-19-30(20-17-27)52(61)62)40(57)50-36(25-38(54)55)42(59)49-34(39(45)56)23-28-11-5-4-6-12-28/h4-8,11-14,16-21,26,33-36,47H,9-10,15,22-25H2,1-3H3,(H2,45,56)(H,46,53)(H,48,58)(H,49,59)(H,50,57)(H,51,60)(H,54,55)/b21-18+/t33-,34-,35-,36-/m0/s1. The molecule has 0 fully saturated rings. The minimum atomic E-state index is -1.71. The number of hydrogen-bond donors (Lipinski definition) is 8. The van der Waals surface area contributed by atoms with Crippen molar-refractivity contribution in [3.8, 4) is 0 Å². The summed E-state index contributed by atoms with van der Waals surface area (Å²) in [6.07, 6.45) is 3.01. The Morgan fingerprint density at radius 1 is 0.794 bits per heavy atom. The number of nitrogens with one attached hydrogen (secondary N) is 6. The first kappa shape index (κ1) is 48.1. The molecule has 19 heteroatoms. The SMILES string of the molecule is CC(C)(C)OC(=O)N[C@@H](Cc1c[nH]c2ccccc12)C(=O)N[C@@H](CCCCNC(=O)/C=C/c1ccc([N+](=O)[O-])cc1)C(=O)N[C@@H](CC(=O)O)C(=O)N[C@@H](Cc1ccccc1)C(N)=O. The molecule has 1 heterocycles. The van der Waals surface area contributed by atoms with Crippen molar-refractivity contribution >= 4 is 64.3 Å². The van der Waals surface area contributed by atoms with Gasteiger partial charge in [-0.05, 0) is 81.0 Å². The minimum absolute atomic E-state index is 0.0137. The number of rotatable bonds is 22. The van der Waals surface area contributed by atoms with Gasteiger partial charge in [-0.3, -0.25) is 38.9 Å². The fourth-order valence-electron chi connectivity index (χ4n) is 6.34. The number of nitro benzene ring substituents is 1. The summed E-state index contributed by atoms with van der Waals surface area (Å²) in [6, 6.07) is 15.9. The normalized spacial score (nSPS) is 13.2. The number of amides is 6. The largest absolute Gasteiger partial charge is 0.481 e. The van der Waals surface area contributed by atoms with E-state index in [0.717, 1.165) is 10.9 Å². The van der Waals surface area contributed by atoms with Gasteiger partial charge in [0.1, 0.15) is 29.8 Å². The topological polar surface area (TPSA) is 294 Å². The van der Waals surface area contributed by atoms with Gasteiger partial charge in [0.25, 0.3) is 5.69 Å². The van der Waals surface area contributed by atoms with E-state index in [1.54, 1.807) is 57.3 Å². The lowest BCUT2D eigenvalue weighted by atomic mass is 10.0. The third-order valence-corrected chi connectivity index (χ3v) is 9.44. The Labute approximate surface area is 362 Å². The molecule has 63 heavy (non-hydrogen) atoms. The quantitative estimate of drug-likeness (QED) is 0.0246. The highest BCUT2D eigenvalue weighted by molar-refractivity contribution is 5.97. The van der Waals surface area contributed by atoms with Crippen LogP contribution in [0.5, 0.6) is 0 Å². The highest BCUT2D eigenvalue weighted by Gasteiger charge is 2.33. The van der Waals surface area contributed by atoms with Crippen molar-refractivity contribution in [2.24, 2.45) is 5.73 Å². The molecule has 1 aromatic heterocycles. The summed E-state index contributed by atoms with van der Waals surface area (Å²) in [5, 5.41) is 34.2. The van der Waals surface area contributed by atoms with Crippen LogP contribution in [-0.2, 0) is 46.3 Å². The number of ether oxygens (including phenoxy) is 1. The number of hydrogen-bond acceptors (Lipinski definition) is 10. The molecule has 334 valence electrons. The smallest absolute Gasteiger partial charge is 0.408 e. The Kier molecular flexibility index (Phi) is 17.5. The van der Waals surface area contributed by atoms with Crippen LogP contribution in [0.25, 0.3) is 17.0 Å². The highest BCUT2D eigenvalue weighted by Crippen LogP contribution is 2.20. The van der Waals surface area contributed by atoms with Crippen molar-refractivity contribution in [2.45, 2.75) is 89.1 Å². The summed E-state index contributed by atoms with van der Waals surface area (Å²) in [7, 11) is 0. The molecule has 0 aliphatic carbocycles. The molecule has 4 rings (SSSR count). The molecule has 4 aromatic rings. The Balaban J connectivity index is 1.52. The number of aromatic amines is 1. The molecule has 0 saturated heterocycles. The Morgan fingerprint density at radius 2 is 1.41 bits per heavy atom. The number of nitrogens with two attached hydrogens (primary N) is 1. The Hall–Kier alpha value is -7.57. The van der Waals surface area contributed by atoms with Gasteiger partial charge in [0, 0.05) is 54.7 Å². The number of para-hydroxylation sites is 1. The maximum Gasteiger partial charge on any atom is 0.408 e. The van der Waals surface area contributed by atoms with E-state index in [9.17, 15) is 48.8 Å². The van der Waals surface area contributed by atoms with E-state index in [2.05, 4.69) is 31.6 Å². The van der Waals surface area contributed by atoms with Crippen LogP contribution in [0, 0.1) is 10.1 Å². The highest BCUT2D eigenvalue weighted by atomic mass is 16.6. The average Bonchev–Trinajstić information content (AvgIpc) is 3.63. The number of carbonyl (C=O) groups is 7. The molecule has 6 amide bonds. The van der Waals surface area contributed by atoms with Gasteiger partial charge in [0.05, 0.1) is 11.3 Å². The summed E-state index contributed by atoms with van der Waals surface area (Å²) in [4.78, 5) is 105. The predicted octanol–water partition coefficient (Wildman–Crippen LogP) is 3.17. The molecule has 0 saturated carbocycles. The van der Waals surface area contributed by atoms with E-state index in [4.69, 9.17) is 10.5 Å². The molecular formula is C44H52N8O11. The van der Waals surface area contributed by atoms with Crippen LogP contribution in [0.2, 0.25) is 0 Å². The summed E-state index contributed by atoms with van der Waals surface area (Å²) >= 11 is 0. The van der Waals surface area contributed by atoms with Crippen LogP contribution in [0.1, 0.15) is 63.1 Å². The summed E-state index contributed by atoms with van der Waals surface area (Å²) in [6.45, 7) is 5.08. The lowest BCUT2D eigenvalue weighted by Crippen LogP contribution is -2.59. The van der Waals surface area contributed by atoms with Gasteiger partial charge in [-0.25, -0.2) is 4.79 Å². The molecule has 0 bridgehead atoms. The van der Waals surface area contributed by atoms with Crippen LogP contribution in [0.4, 0.5) is 10.5 Å². The molecule has 0 radical (unpaired) electrons. The molecule has 0 aliphatic rings. The number of nitrogens with zero attached hydrogens (tertiary/aromatic N) is 1. The monoisotopic (exact) mass is 868 g/mol. The van der Waals surface area contributed by atoms with Crippen LogP contribution < -0.4 is 32.3 Å². The van der Waals surface area contributed by atoms with E-state index >= 15 is 0 Å². The van der Waals surface area contributed by atoms with E-state index in [-0.39, 0.29) is 37.9 Å². The fourth-order valence-corrected chi connectivity index (χ4v) is 6.34. The van der Waals surface area contributed by atoms with Crippen molar-refractivity contribution in [3.63, 3.8) is 0 Å². The van der Waals surface area contributed by atoms with Crippen molar-refractivity contribution in [1.82, 2.24) is 31.6 Å². The van der Waals surface area contributed by atoms with Gasteiger partial charge in [-0.2, -0.15) is 0 Å². The number of carbonyl (C=O) groups excluding carboxylic acids is 6. The number of alkyl carbamates (subject to hydrolysis) is 1. The lowest BCUT2D eigenvalue weighted by Gasteiger charge is -2.26. The Bertz CT molecular complexity index is 2290. The van der Waals surface area contributed by atoms with E-state index in [1.807, 2.05) is 24.3 Å². The number of fused-ring (bicyclic) bond motifs is 1. The number of aromatic nitrogens is 1. The van der Waals surface area contributed by atoms with Gasteiger partial charge in [0.15, 0.2) is 0 Å². The second kappa shape index (κ2) is 22.9. The van der Waals surface area contributed by atoms with Crippen LogP contribution in [0.3, 0.4) is 0 Å². The second-order valence-electron chi connectivity index (χ2n) is 15.6. The molecule has 0 spiro atoms. The third-order valence-electron chi connectivity index (χ3n) is 9.44. The first-order chi connectivity index (χ1) is 29.9. The number of unbranched alkanes of at least 4 members (excludes halogenated alkanes) is 1. The maximum absolute atomic E-state index is 14.1. The molecule has 9 N–H and O–H groups in total. The third kappa shape index (κ3) is 16.1. The predicted molar refractivity (Wildman–Crippen MR) is 232 cm³/mol. The second-order valence-corrected chi connectivity index (χ2v) is 15.6. The lowest BCUT2D eigenvalue weighted by molar-refractivity contribution is -0.384. The molecule has 0 aliphatic heterocycles. The number of benzene rings is 3. The fraction of sp³-hybridized carbons (Fsp3) is 0.341. The van der Waals surface area contributed by atoms with Gasteiger partial charge < -0.3 is 47.1 Å². The number of carboxylic acid groups (broad SMARTS) is 1. The van der Waals surface area contributed by atoms with Crippen molar-refractivity contribution in [2.75, 3.05) is 6.54 Å². The first-order valence-corrected chi connectivity index (χ1v) is 20.1. The number of primary amides is 1. The number of H-pyrrole nitrogens is 1. The van der Waals surface area contributed by atoms with Crippen molar-refractivity contribution in [3.05, 3.63) is 118 Å². The number of aliphatic carboxylic acids is 1. The molecule has 3 aromatic carbocycles. The zero-order chi connectivity index (χ0) is 46.1. The van der Waals surface area contributed by atoms with Gasteiger partial charge in [0.2, 0.25) is 29.5 Å². The van der Waals surface area contributed by atoms with Crippen molar-refractivity contribution in [1.29, 1.82) is 0 Å². The summed E-state index contributed by atoms with van der Waals surface area (Å²) in [5.41, 5.74) is 7.21. The van der Waals surface area contributed by atoms with Crippen LogP contribution in [0.15, 0.2) is 91.1 Å². The van der Waals surface area contributed by atoms with Crippen LogP contribution >= 0.6 is 0 Å². The van der Waals surface area contributed by atoms with Crippen molar-refractivity contribution < 1.29 is 48.3 Å². The summed E-state index contributed by atoms with van der Waals surface area (Å²) < 4.78 is 5.43. The minimum Gasteiger partial charge on any atom is -0.481 e. The van der Waals surface area contributed by atoms with E-state index < -0.39 is 82.7 Å². The average molecular weight is 869 g/mol. The number of carboxylic acids is 1. The Morgan fingerprint density at radius 3 is 2.06 bits per heavy atom. The van der Waals surface area contributed by atoms with Gasteiger partial charge in [-0.1, -0.05) is 48.5 Å². The zero-order valence-corrected chi connectivity index (χ0v) is 35.1. The van der Waals surface area contributed by atoms with E-state index in [0.29, 0.717) is 23.1 Å². The van der Waals surface area contributed by atoms with Crippen LogP contribution in [-0.4, -0.2) is 92.9 Å². The molecule has 4 atom stereocenters. The zero-order valence-electron chi connectivity index (χ0n) is 35.1. The molecule has 19 nitrogen and oxygen atoms in total.